The standard InChI is InChI=1S/C16H16N4O2/c1-16(2,3)13-10-12(20-22-13)14(21)15(17-4)19-18-11-8-6-5-7-9-11/h5-10,18H,1-3H3/b19-15+. The summed E-state index contributed by atoms with van der Waals surface area (Å²) >= 11 is 0. The summed E-state index contributed by atoms with van der Waals surface area (Å²) in [6, 6.07) is 10.6. The molecule has 2 rings (SSSR count). The van der Waals surface area contributed by atoms with Crippen LogP contribution in [0.1, 0.15) is 37.0 Å². The Bertz CT molecular complexity index is 733. The Morgan fingerprint density at radius 3 is 2.55 bits per heavy atom. The van der Waals surface area contributed by atoms with Crippen LogP contribution in [-0.4, -0.2) is 16.8 Å². The van der Waals surface area contributed by atoms with Gasteiger partial charge in [-0.05, 0) is 17.2 Å². The second kappa shape index (κ2) is 6.22. The van der Waals surface area contributed by atoms with E-state index in [1.54, 1.807) is 18.2 Å². The Morgan fingerprint density at radius 1 is 1.32 bits per heavy atom. The van der Waals surface area contributed by atoms with E-state index in [2.05, 4.69) is 20.5 Å². The summed E-state index contributed by atoms with van der Waals surface area (Å²) in [5.74, 6) is -0.286. The molecule has 22 heavy (non-hydrogen) atoms. The van der Waals surface area contributed by atoms with Gasteiger partial charge >= 0.3 is 5.84 Å². The minimum absolute atomic E-state index is 0.0783. The molecule has 0 amide bonds. The molecule has 0 aliphatic heterocycles. The van der Waals surface area contributed by atoms with Crippen molar-refractivity contribution in [2.75, 3.05) is 5.43 Å². The number of nitrogens with zero attached hydrogens (tertiary/aromatic N) is 3. The molecule has 6 nitrogen and oxygen atoms in total. The predicted octanol–water partition coefficient (Wildman–Crippen LogP) is 3.50. The molecule has 0 saturated carbocycles. The Labute approximate surface area is 128 Å². The molecule has 0 unspecified atom stereocenters. The highest BCUT2D eigenvalue weighted by molar-refractivity contribution is 6.48. The van der Waals surface area contributed by atoms with Gasteiger partial charge in [-0.3, -0.25) is 4.79 Å². The first-order valence-electron chi connectivity index (χ1n) is 6.70. The van der Waals surface area contributed by atoms with E-state index in [1.807, 2.05) is 39.0 Å². The number of benzene rings is 1. The molecule has 0 aliphatic carbocycles. The molecule has 0 radical (unpaired) electrons. The summed E-state index contributed by atoms with van der Waals surface area (Å²) in [7, 11) is 0. The highest BCUT2D eigenvalue weighted by Crippen LogP contribution is 2.23. The Hall–Kier alpha value is -2.94. The number of para-hydroxylation sites is 1. The van der Waals surface area contributed by atoms with Crippen molar-refractivity contribution >= 4 is 17.3 Å². The van der Waals surface area contributed by atoms with E-state index in [9.17, 15) is 4.79 Å². The minimum Gasteiger partial charge on any atom is -0.360 e. The second-order valence-corrected chi connectivity index (χ2v) is 5.68. The van der Waals surface area contributed by atoms with Gasteiger partial charge in [0.2, 0.25) is 5.78 Å². The first-order valence-corrected chi connectivity index (χ1v) is 6.70. The number of anilines is 1. The number of hydrogen-bond acceptors (Lipinski definition) is 5. The monoisotopic (exact) mass is 296 g/mol. The molecule has 0 saturated heterocycles. The molecule has 0 fully saturated rings. The normalized spacial score (nSPS) is 11.8. The van der Waals surface area contributed by atoms with Gasteiger partial charge in [-0.25, -0.2) is 5.43 Å². The Morgan fingerprint density at radius 2 is 2.00 bits per heavy atom. The van der Waals surface area contributed by atoms with E-state index in [-0.39, 0.29) is 16.9 Å². The van der Waals surface area contributed by atoms with Crippen molar-refractivity contribution in [2.45, 2.75) is 26.2 Å². The Balaban J connectivity index is 2.19. The summed E-state index contributed by atoms with van der Waals surface area (Å²) in [4.78, 5) is 15.4. The van der Waals surface area contributed by atoms with Crippen molar-refractivity contribution in [3.05, 3.63) is 59.3 Å². The van der Waals surface area contributed by atoms with Gasteiger partial charge in [0, 0.05) is 11.5 Å². The fourth-order valence-corrected chi connectivity index (χ4v) is 1.61. The lowest BCUT2D eigenvalue weighted by molar-refractivity contribution is 0.105. The minimum atomic E-state index is -0.572. The average molecular weight is 296 g/mol. The zero-order valence-corrected chi connectivity index (χ0v) is 12.6. The van der Waals surface area contributed by atoms with E-state index in [0.29, 0.717) is 11.4 Å². The lowest BCUT2D eigenvalue weighted by atomic mass is 9.93. The number of Topliss-reactive ketones (excluding diaryl/α,β-unsaturated/α-hetero) is 1. The van der Waals surface area contributed by atoms with Crippen molar-refractivity contribution in [2.24, 2.45) is 5.10 Å². The van der Waals surface area contributed by atoms with Gasteiger partial charge in [0.1, 0.15) is 11.5 Å². The van der Waals surface area contributed by atoms with Crippen molar-refractivity contribution in [3.63, 3.8) is 0 Å². The maximum atomic E-state index is 12.2. The van der Waals surface area contributed by atoms with E-state index in [0.717, 1.165) is 0 Å². The highest BCUT2D eigenvalue weighted by atomic mass is 16.5. The average Bonchev–Trinajstić information content (AvgIpc) is 2.98. The third-order valence-electron chi connectivity index (χ3n) is 2.86. The number of carbonyl (C=O) groups is 1. The molecular formula is C16H16N4O2. The van der Waals surface area contributed by atoms with Crippen LogP contribution < -0.4 is 5.43 Å². The van der Waals surface area contributed by atoms with Gasteiger partial charge in [0.25, 0.3) is 0 Å². The van der Waals surface area contributed by atoms with Crippen LogP contribution in [0.25, 0.3) is 4.85 Å². The van der Waals surface area contributed by atoms with Gasteiger partial charge in [-0.2, -0.15) is 0 Å². The van der Waals surface area contributed by atoms with E-state index in [4.69, 9.17) is 11.1 Å². The molecule has 1 N–H and O–H groups in total. The number of nitrogens with one attached hydrogen (secondary N) is 1. The highest BCUT2D eigenvalue weighted by Gasteiger charge is 2.24. The van der Waals surface area contributed by atoms with Crippen molar-refractivity contribution < 1.29 is 9.32 Å². The smallest absolute Gasteiger partial charge is 0.343 e. The molecule has 0 spiro atoms. The van der Waals surface area contributed by atoms with Crippen LogP contribution in [0, 0.1) is 6.57 Å². The third kappa shape index (κ3) is 3.58. The molecule has 0 bridgehead atoms. The number of rotatable bonds is 4. The van der Waals surface area contributed by atoms with Gasteiger partial charge in [0.05, 0.1) is 5.69 Å². The van der Waals surface area contributed by atoms with Gasteiger partial charge in [-0.15, -0.1) is 0 Å². The molecule has 1 aromatic heterocycles. The lowest BCUT2D eigenvalue weighted by Crippen LogP contribution is -2.13. The van der Waals surface area contributed by atoms with Crippen molar-refractivity contribution in [1.29, 1.82) is 0 Å². The van der Waals surface area contributed by atoms with Crippen LogP contribution in [0.4, 0.5) is 5.69 Å². The summed E-state index contributed by atoms with van der Waals surface area (Å²) in [5, 5.41) is 7.57. The van der Waals surface area contributed by atoms with Crippen molar-refractivity contribution in [1.82, 2.24) is 5.16 Å². The topological polar surface area (TPSA) is 71.8 Å². The fourth-order valence-electron chi connectivity index (χ4n) is 1.61. The zero-order valence-electron chi connectivity index (χ0n) is 12.6. The number of hydrogen-bond donors (Lipinski definition) is 1. The molecular weight excluding hydrogens is 280 g/mol. The largest absolute Gasteiger partial charge is 0.360 e. The molecule has 1 heterocycles. The van der Waals surface area contributed by atoms with Crippen LogP contribution >= 0.6 is 0 Å². The van der Waals surface area contributed by atoms with Crippen LogP contribution in [0.2, 0.25) is 0 Å². The summed E-state index contributed by atoms with van der Waals surface area (Å²) in [6.07, 6.45) is 0. The van der Waals surface area contributed by atoms with E-state index in [1.165, 1.54) is 0 Å². The molecule has 0 aliphatic rings. The van der Waals surface area contributed by atoms with Gasteiger partial charge in [0.15, 0.2) is 0 Å². The first-order chi connectivity index (χ1) is 10.4. The van der Waals surface area contributed by atoms with Crippen LogP contribution in [0.3, 0.4) is 0 Å². The zero-order chi connectivity index (χ0) is 16.2. The van der Waals surface area contributed by atoms with Crippen LogP contribution in [-0.2, 0) is 5.41 Å². The number of hydrazone groups is 1. The Kier molecular flexibility index (Phi) is 4.37. The fraction of sp³-hybridized carbons (Fsp3) is 0.250. The molecule has 1 aromatic carbocycles. The van der Waals surface area contributed by atoms with E-state index >= 15 is 0 Å². The molecule has 112 valence electrons. The maximum absolute atomic E-state index is 12.2. The first kappa shape index (κ1) is 15.4. The van der Waals surface area contributed by atoms with E-state index < -0.39 is 5.78 Å². The number of ketones is 1. The molecule has 2 aromatic rings. The summed E-state index contributed by atoms with van der Waals surface area (Å²) in [6.45, 7) is 13.0. The maximum Gasteiger partial charge on any atom is 0.343 e. The number of carbonyl (C=O) groups excluding carboxylic acids is 1. The van der Waals surface area contributed by atoms with Crippen LogP contribution in [0.5, 0.6) is 0 Å². The van der Waals surface area contributed by atoms with Gasteiger partial charge < -0.3 is 9.37 Å². The van der Waals surface area contributed by atoms with Crippen molar-refractivity contribution in [3.8, 4) is 0 Å². The molecule has 0 atom stereocenters. The summed E-state index contributed by atoms with van der Waals surface area (Å²) in [5.41, 5.74) is 3.18. The number of aromatic nitrogens is 1. The summed E-state index contributed by atoms with van der Waals surface area (Å²) < 4.78 is 5.16. The number of amidine groups is 1. The second-order valence-electron chi connectivity index (χ2n) is 5.68. The van der Waals surface area contributed by atoms with Gasteiger partial charge in [-0.1, -0.05) is 50.7 Å². The third-order valence-corrected chi connectivity index (χ3v) is 2.86. The van der Waals surface area contributed by atoms with Crippen LogP contribution in [0.15, 0.2) is 46.0 Å². The predicted molar refractivity (Wildman–Crippen MR) is 83.6 cm³/mol. The molecule has 6 heteroatoms. The lowest BCUT2D eigenvalue weighted by Gasteiger charge is -2.11. The quantitative estimate of drug-likeness (QED) is 0.308. The SMILES string of the molecule is [C-]#[N+]/C(=N/Nc1ccccc1)C(=O)c1cc(C(C)(C)C)on1.